The lowest BCUT2D eigenvalue weighted by Gasteiger charge is -2.13. The van der Waals surface area contributed by atoms with Gasteiger partial charge < -0.3 is 9.47 Å². The fourth-order valence-corrected chi connectivity index (χ4v) is 3.40. The van der Waals surface area contributed by atoms with Crippen molar-refractivity contribution in [3.8, 4) is 22.8 Å². The zero-order valence-corrected chi connectivity index (χ0v) is 18.9. The van der Waals surface area contributed by atoms with E-state index in [1.807, 2.05) is 49.0 Å². The molecule has 0 aliphatic heterocycles. The quantitative estimate of drug-likeness (QED) is 0.365. The van der Waals surface area contributed by atoms with Gasteiger partial charge in [0, 0.05) is 37.4 Å². The molecule has 3 heterocycles. The maximum atomic E-state index is 12.6. The van der Waals surface area contributed by atoms with E-state index in [9.17, 15) is 4.79 Å². The van der Waals surface area contributed by atoms with Crippen molar-refractivity contribution in [1.82, 2.24) is 29.5 Å². The maximum absolute atomic E-state index is 12.6. The van der Waals surface area contributed by atoms with Crippen molar-refractivity contribution in [3.05, 3.63) is 82.8 Å². The number of aryl methyl sites for hydroxylation is 1. The predicted octanol–water partition coefficient (Wildman–Crippen LogP) is 3.08. The van der Waals surface area contributed by atoms with Crippen molar-refractivity contribution in [2.45, 2.75) is 26.3 Å². The number of benzene rings is 1. The van der Waals surface area contributed by atoms with Gasteiger partial charge in [-0.2, -0.15) is 10.2 Å². The minimum absolute atomic E-state index is 0.110. The van der Waals surface area contributed by atoms with Gasteiger partial charge in [0.15, 0.2) is 11.6 Å². The average molecular weight is 447 g/mol. The molecule has 33 heavy (non-hydrogen) atoms. The molecule has 1 atom stereocenters. The van der Waals surface area contributed by atoms with E-state index in [0.717, 1.165) is 23.4 Å². The number of hydrogen-bond acceptors (Lipinski definition) is 7. The molecule has 4 aromatic rings. The largest absolute Gasteiger partial charge is 0.488 e. The first-order chi connectivity index (χ1) is 16.1. The van der Waals surface area contributed by atoms with Crippen LogP contribution in [-0.2, 0) is 11.3 Å². The number of rotatable bonds is 9. The van der Waals surface area contributed by atoms with Crippen molar-refractivity contribution < 1.29 is 9.47 Å². The standard InChI is InChI=1S/C24H26N6O3/c1-4-29-16-20(13-27-29)30-9-8-22(31)23(28-30)17(2)18-6-5-7-19(12-18)24-25-14-21(15-26-24)33-11-10-32-3/h5-9,12-17H,4,10-11H2,1-3H3. The average Bonchev–Trinajstić information content (AvgIpc) is 3.34. The van der Waals surface area contributed by atoms with Crippen LogP contribution in [0.1, 0.15) is 31.0 Å². The van der Waals surface area contributed by atoms with Crippen LogP contribution in [-0.4, -0.2) is 49.9 Å². The minimum Gasteiger partial charge on any atom is -0.488 e. The number of nitrogens with zero attached hydrogens (tertiary/aromatic N) is 6. The van der Waals surface area contributed by atoms with E-state index in [0.29, 0.717) is 30.5 Å². The second-order valence-electron chi connectivity index (χ2n) is 7.49. The summed E-state index contributed by atoms with van der Waals surface area (Å²) < 4.78 is 14.0. The summed E-state index contributed by atoms with van der Waals surface area (Å²) in [5.41, 5.74) is 2.95. The summed E-state index contributed by atoms with van der Waals surface area (Å²) in [5, 5.41) is 8.90. The summed E-state index contributed by atoms with van der Waals surface area (Å²) in [7, 11) is 1.62. The van der Waals surface area contributed by atoms with E-state index in [-0.39, 0.29) is 11.3 Å². The van der Waals surface area contributed by atoms with Crippen molar-refractivity contribution in [2.24, 2.45) is 0 Å². The third-order valence-corrected chi connectivity index (χ3v) is 5.28. The fraction of sp³-hybridized carbons (Fsp3) is 0.292. The van der Waals surface area contributed by atoms with Crippen LogP contribution in [0.2, 0.25) is 0 Å². The third-order valence-electron chi connectivity index (χ3n) is 5.28. The van der Waals surface area contributed by atoms with Crippen LogP contribution in [0.3, 0.4) is 0 Å². The molecule has 0 aliphatic rings. The zero-order valence-electron chi connectivity index (χ0n) is 18.9. The van der Waals surface area contributed by atoms with E-state index in [4.69, 9.17) is 9.47 Å². The highest BCUT2D eigenvalue weighted by molar-refractivity contribution is 5.57. The molecule has 170 valence electrons. The molecule has 9 heteroatoms. The third kappa shape index (κ3) is 5.15. The summed E-state index contributed by atoms with van der Waals surface area (Å²) in [6.45, 7) is 5.68. The molecule has 0 saturated heterocycles. The normalized spacial score (nSPS) is 12.0. The summed E-state index contributed by atoms with van der Waals surface area (Å²) >= 11 is 0. The number of ether oxygens (including phenoxy) is 2. The zero-order chi connectivity index (χ0) is 23.2. The highest BCUT2D eigenvalue weighted by Crippen LogP contribution is 2.25. The molecule has 0 spiro atoms. The maximum Gasteiger partial charge on any atom is 0.203 e. The molecular weight excluding hydrogens is 420 g/mol. The fourth-order valence-electron chi connectivity index (χ4n) is 3.40. The Morgan fingerprint density at radius 1 is 1.09 bits per heavy atom. The Hall–Kier alpha value is -3.85. The molecule has 0 bridgehead atoms. The van der Waals surface area contributed by atoms with Crippen molar-refractivity contribution in [1.29, 1.82) is 0 Å². The molecule has 9 nitrogen and oxygen atoms in total. The van der Waals surface area contributed by atoms with E-state index >= 15 is 0 Å². The van der Waals surface area contributed by atoms with Gasteiger partial charge in [-0.25, -0.2) is 14.6 Å². The molecule has 0 saturated carbocycles. The van der Waals surface area contributed by atoms with Gasteiger partial charge in [-0.15, -0.1) is 0 Å². The summed E-state index contributed by atoms with van der Waals surface area (Å²) in [6.07, 6.45) is 8.57. The Kier molecular flexibility index (Phi) is 6.89. The lowest BCUT2D eigenvalue weighted by molar-refractivity contribution is 0.146. The van der Waals surface area contributed by atoms with E-state index in [2.05, 4.69) is 20.2 Å². The molecule has 0 amide bonds. The highest BCUT2D eigenvalue weighted by atomic mass is 16.5. The minimum atomic E-state index is -0.220. The Bertz CT molecular complexity index is 1270. The monoisotopic (exact) mass is 446 g/mol. The SMILES string of the molecule is CCn1cc(-n2ccc(=O)c(C(C)c3cccc(-c4ncc(OCCOC)cn4)c3)n2)cn1. The first kappa shape index (κ1) is 22.3. The van der Waals surface area contributed by atoms with Crippen LogP contribution in [0.4, 0.5) is 0 Å². The van der Waals surface area contributed by atoms with Gasteiger partial charge in [0.05, 0.1) is 31.4 Å². The molecule has 0 aliphatic carbocycles. The van der Waals surface area contributed by atoms with Gasteiger partial charge >= 0.3 is 0 Å². The van der Waals surface area contributed by atoms with E-state index < -0.39 is 0 Å². The highest BCUT2D eigenvalue weighted by Gasteiger charge is 2.16. The summed E-state index contributed by atoms with van der Waals surface area (Å²) in [4.78, 5) is 21.5. The Morgan fingerprint density at radius 2 is 1.91 bits per heavy atom. The molecule has 0 N–H and O–H groups in total. The number of methoxy groups -OCH3 is 1. The lowest BCUT2D eigenvalue weighted by Crippen LogP contribution is -2.18. The van der Waals surface area contributed by atoms with Gasteiger partial charge in [0.1, 0.15) is 18.0 Å². The van der Waals surface area contributed by atoms with Crippen LogP contribution in [0, 0.1) is 0 Å². The first-order valence-corrected chi connectivity index (χ1v) is 10.8. The Morgan fingerprint density at radius 3 is 2.64 bits per heavy atom. The summed E-state index contributed by atoms with van der Waals surface area (Å²) in [6, 6.07) is 9.37. The van der Waals surface area contributed by atoms with Gasteiger partial charge in [0.2, 0.25) is 5.43 Å². The second-order valence-corrected chi connectivity index (χ2v) is 7.49. The number of hydrogen-bond donors (Lipinski definition) is 0. The molecule has 1 aromatic carbocycles. The first-order valence-electron chi connectivity index (χ1n) is 10.8. The Labute approximate surface area is 191 Å². The van der Waals surface area contributed by atoms with Crippen LogP contribution in [0.25, 0.3) is 17.1 Å². The Balaban J connectivity index is 1.58. The van der Waals surface area contributed by atoms with Crippen LogP contribution < -0.4 is 10.2 Å². The topological polar surface area (TPSA) is 97.0 Å². The van der Waals surface area contributed by atoms with Gasteiger partial charge in [-0.1, -0.05) is 25.1 Å². The van der Waals surface area contributed by atoms with E-state index in [1.54, 1.807) is 36.6 Å². The van der Waals surface area contributed by atoms with Gasteiger partial charge in [-0.05, 0) is 18.6 Å². The van der Waals surface area contributed by atoms with E-state index in [1.165, 1.54) is 6.07 Å². The second kappa shape index (κ2) is 10.2. The van der Waals surface area contributed by atoms with Crippen molar-refractivity contribution in [2.75, 3.05) is 20.3 Å². The molecule has 3 aromatic heterocycles. The van der Waals surface area contributed by atoms with Gasteiger partial charge in [-0.3, -0.25) is 9.48 Å². The van der Waals surface area contributed by atoms with Crippen molar-refractivity contribution >= 4 is 0 Å². The molecule has 4 rings (SSSR count). The lowest BCUT2D eigenvalue weighted by atomic mass is 9.95. The summed E-state index contributed by atoms with van der Waals surface area (Å²) in [5.74, 6) is 0.942. The van der Waals surface area contributed by atoms with Gasteiger partial charge in [0.25, 0.3) is 0 Å². The molecular formula is C24H26N6O3. The van der Waals surface area contributed by atoms with Crippen molar-refractivity contribution in [3.63, 3.8) is 0 Å². The molecule has 0 fully saturated rings. The van der Waals surface area contributed by atoms with Crippen LogP contribution in [0.5, 0.6) is 5.75 Å². The molecule has 1 unspecified atom stereocenters. The van der Waals surface area contributed by atoms with Crippen LogP contribution in [0.15, 0.2) is 66.1 Å². The van der Waals surface area contributed by atoms with Crippen LogP contribution >= 0.6 is 0 Å². The predicted molar refractivity (Wildman–Crippen MR) is 124 cm³/mol. The molecule has 0 radical (unpaired) electrons. The number of aromatic nitrogens is 6. The smallest absolute Gasteiger partial charge is 0.203 e.